The molecule has 0 unspecified atom stereocenters. The van der Waals surface area contributed by atoms with Gasteiger partial charge in [-0.1, -0.05) is 17.3 Å². The highest BCUT2D eigenvalue weighted by Crippen LogP contribution is 2.32. The number of esters is 1. The third-order valence-corrected chi connectivity index (χ3v) is 7.75. The molecule has 4 aromatic rings. The molecule has 4 heterocycles. The molecule has 0 bridgehead atoms. The first-order chi connectivity index (χ1) is 16.0. The third-order valence-electron chi connectivity index (χ3n) is 5.79. The van der Waals surface area contributed by atoms with Crippen LogP contribution in [0.1, 0.15) is 35.0 Å². The molecule has 1 N–H and O–H groups in total. The molecule has 0 aliphatic carbocycles. The summed E-state index contributed by atoms with van der Waals surface area (Å²) in [6.45, 7) is 0.543. The normalized spacial score (nSPS) is 15.7. The summed E-state index contributed by atoms with van der Waals surface area (Å²) >= 11 is 0. The SMILES string of the molecule is COC(=O)c1ccccc1S(=O)(=O)N1CCC(c2nc(-c3ccc4[nH]ccc4n3)no2)CC1. The van der Waals surface area contributed by atoms with Gasteiger partial charge in [0.15, 0.2) is 0 Å². The third kappa shape index (κ3) is 3.89. The van der Waals surface area contributed by atoms with Crippen LogP contribution in [-0.2, 0) is 14.8 Å². The van der Waals surface area contributed by atoms with Crippen molar-refractivity contribution < 1.29 is 22.5 Å². The van der Waals surface area contributed by atoms with E-state index in [1.54, 1.807) is 12.1 Å². The minimum absolute atomic E-state index is 0.0237. The number of H-pyrrole nitrogens is 1. The fourth-order valence-corrected chi connectivity index (χ4v) is 5.67. The van der Waals surface area contributed by atoms with E-state index in [9.17, 15) is 13.2 Å². The van der Waals surface area contributed by atoms with E-state index in [1.165, 1.54) is 23.5 Å². The van der Waals surface area contributed by atoms with E-state index in [0.29, 0.717) is 30.3 Å². The summed E-state index contributed by atoms with van der Waals surface area (Å²) in [6.07, 6.45) is 2.85. The largest absolute Gasteiger partial charge is 0.465 e. The maximum absolute atomic E-state index is 13.2. The van der Waals surface area contributed by atoms with Crippen LogP contribution in [0.2, 0.25) is 0 Å². The van der Waals surface area contributed by atoms with Crippen LogP contribution in [0.25, 0.3) is 22.6 Å². The summed E-state index contributed by atoms with van der Waals surface area (Å²) in [7, 11) is -2.63. The van der Waals surface area contributed by atoms with E-state index in [4.69, 9.17) is 9.26 Å². The fourth-order valence-electron chi connectivity index (χ4n) is 4.02. The van der Waals surface area contributed by atoms with Gasteiger partial charge in [-0.15, -0.1) is 0 Å². The van der Waals surface area contributed by atoms with Crippen LogP contribution in [0.4, 0.5) is 0 Å². The minimum atomic E-state index is -3.85. The second kappa shape index (κ2) is 8.41. The van der Waals surface area contributed by atoms with Gasteiger partial charge < -0.3 is 14.2 Å². The Morgan fingerprint density at radius 3 is 2.70 bits per heavy atom. The number of pyridine rings is 1. The summed E-state index contributed by atoms with van der Waals surface area (Å²) in [4.78, 5) is 24.1. The molecule has 10 nitrogen and oxygen atoms in total. The number of carbonyl (C=O) groups excluding carboxylic acids is 1. The molecule has 0 spiro atoms. The number of benzene rings is 1. The lowest BCUT2D eigenvalue weighted by Crippen LogP contribution is -2.38. The number of hydrogen-bond acceptors (Lipinski definition) is 8. The highest BCUT2D eigenvalue weighted by atomic mass is 32.2. The molecular weight excluding hydrogens is 446 g/mol. The lowest BCUT2D eigenvalue weighted by atomic mass is 9.98. The molecule has 1 fully saturated rings. The number of nitrogens with zero attached hydrogens (tertiary/aromatic N) is 4. The molecule has 33 heavy (non-hydrogen) atoms. The van der Waals surface area contributed by atoms with E-state index in [0.717, 1.165) is 11.0 Å². The van der Waals surface area contributed by atoms with Crippen LogP contribution in [-0.4, -0.2) is 59.0 Å². The lowest BCUT2D eigenvalue weighted by Gasteiger charge is -2.30. The highest BCUT2D eigenvalue weighted by Gasteiger charge is 2.34. The predicted molar refractivity (Wildman–Crippen MR) is 118 cm³/mol. The number of methoxy groups -OCH3 is 1. The van der Waals surface area contributed by atoms with Crippen molar-refractivity contribution in [2.75, 3.05) is 20.2 Å². The molecule has 1 aromatic carbocycles. The molecule has 0 atom stereocenters. The zero-order chi connectivity index (χ0) is 23.0. The van der Waals surface area contributed by atoms with Gasteiger partial charge in [0.25, 0.3) is 0 Å². The van der Waals surface area contributed by atoms with Crippen LogP contribution in [0.3, 0.4) is 0 Å². The van der Waals surface area contributed by atoms with Crippen LogP contribution >= 0.6 is 0 Å². The molecule has 5 rings (SSSR count). The summed E-state index contributed by atoms with van der Waals surface area (Å²) in [5.41, 5.74) is 2.36. The van der Waals surface area contributed by atoms with Gasteiger partial charge >= 0.3 is 5.97 Å². The Labute approximate surface area is 189 Å². The Kier molecular flexibility index (Phi) is 5.43. The Bertz CT molecular complexity index is 1420. The number of carbonyl (C=O) groups is 1. The molecule has 11 heteroatoms. The Balaban J connectivity index is 1.31. The monoisotopic (exact) mass is 467 g/mol. The zero-order valence-corrected chi connectivity index (χ0v) is 18.6. The van der Waals surface area contributed by atoms with Gasteiger partial charge in [0.05, 0.1) is 28.6 Å². The number of aromatic amines is 1. The first-order valence-corrected chi connectivity index (χ1v) is 11.9. The molecule has 0 amide bonds. The van der Waals surface area contributed by atoms with Crippen molar-refractivity contribution in [1.82, 2.24) is 24.4 Å². The van der Waals surface area contributed by atoms with Crippen molar-refractivity contribution in [3.8, 4) is 11.5 Å². The summed E-state index contributed by atoms with van der Waals surface area (Å²) in [6, 6.07) is 11.7. The zero-order valence-electron chi connectivity index (χ0n) is 17.8. The van der Waals surface area contributed by atoms with Crippen molar-refractivity contribution >= 4 is 27.0 Å². The van der Waals surface area contributed by atoms with Crippen molar-refractivity contribution in [2.24, 2.45) is 0 Å². The van der Waals surface area contributed by atoms with Crippen LogP contribution in [0.5, 0.6) is 0 Å². The molecule has 1 saturated heterocycles. The maximum Gasteiger partial charge on any atom is 0.339 e. The van der Waals surface area contributed by atoms with Gasteiger partial charge in [-0.2, -0.15) is 9.29 Å². The minimum Gasteiger partial charge on any atom is -0.465 e. The lowest BCUT2D eigenvalue weighted by molar-refractivity contribution is 0.0596. The number of rotatable bonds is 5. The molecule has 0 saturated carbocycles. The molecule has 0 radical (unpaired) electrons. The Morgan fingerprint density at radius 2 is 1.91 bits per heavy atom. The number of hydrogen-bond donors (Lipinski definition) is 1. The van der Waals surface area contributed by atoms with Crippen molar-refractivity contribution in [3.05, 3.63) is 60.1 Å². The van der Waals surface area contributed by atoms with Crippen molar-refractivity contribution in [3.63, 3.8) is 0 Å². The van der Waals surface area contributed by atoms with Crippen LogP contribution in [0, 0.1) is 0 Å². The maximum atomic E-state index is 13.2. The summed E-state index contributed by atoms with van der Waals surface area (Å²) < 4.78 is 38.0. The van der Waals surface area contributed by atoms with Crippen molar-refractivity contribution in [2.45, 2.75) is 23.7 Å². The smallest absolute Gasteiger partial charge is 0.339 e. The molecule has 1 aliphatic heterocycles. The van der Waals surface area contributed by atoms with Crippen LogP contribution in [0.15, 0.2) is 58.1 Å². The Hall–Kier alpha value is -3.57. The van der Waals surface area contributed by atoms with E-state index >= 15 is 0 Å². The number of aromatic nitrogens is 4. The quantitative estimate of drug-likeness (QED) is 0.443. The van der Waals surface area contributed by atoms with E-state index < -0.39 is 16.0 Å². The summed E-state index contributed by atoms with van der Waals surface area (Å²) in [5, 5.41) is 4.07. The van der Waals surface area contributed by atoms with Crippen LogP contribution < -0.4 is 0 Å². The molecular formula is C22H21N5O5S. The molecule has 3 aromatic heterocycles. The standard InChI is InChI=1S/C22H21N5O5S/c1-31-22(28)15-4-2-3-5-19(15)33(29,30)27-12-9-14(10-13-27)21-25-20(26-32-21)18-7-6-16-17(24-18)8-11-23-16/h2-8,11,14,23H,9-10,12-13H2,1H3. The average molecular weight is 468 g/mol. The topological polar surface area (TPSA) is 131 Å². The van der Waals surface area contributed by atoms with Gasteiger partial charge in [-0.3, -0.25) is 0 Å². The second-order valence-electron chi connectivity index (χ2n) is 7.73. The average Bonchev–Trinajstić information content (AvgIpc) is 3.53. The first kappa shape index (κ1) is 21.3. The van der Waals surface area contributed by atoms with E-state index in [2.05, 4.69) is 20.1 Å². The number of nitrogens with one attached hydrogen (secondary N) is 1. The van der Waals surface area contributed by atoms with Gasteiger partial charge in [-0.05, 0) is 43.2 Å². The highest BCUT2D eigenvalue weighted by molar-refractivity contribution is 7.89. The summed E-state index contributed by atoms with van der Waals surface area (Å²) in [5.74, 6) is 0.113. The van der Waals surface area contributed by atoms with E-state index in [1.807, 2.05) is 24.4 Å². The van der Waals surface area contributed by atoms with Gasteiger partial charge in [0, 0.05) is 25.2 Å². The number of fused-ring (bicyclic) bond motifs is 1. The van der Waals surface area contributed by atoms with Gasteiger partial charge in [-0.25, -0.2) is 18.2 Å². The van der Waals surface area contributed by atoms with Gasteiger partial charge in [0.1, 0.15) is 5.69 Å². The first-order valence-electron chi connectivity index (χ1n) is 10.4. The van der Waals surface area contributed by atoms with Crippen molar-refractivity contribution in [1.29, 1.82) is 0 Å². The fraction of sp³-hybridized carbons (Fsp3) is 0.273. The molecule has 170 valence electrons. The predicted octanol–water partition coefficient (Wildman–Crippen LogP) is 2.97. The number of ether oxygens (including phenoxy) is 1. The van der Waals surface area contributed by atoms with Gasteiger partial charge in [0.2, 0.25) is 21.7 Å². The van der Waals surface area contributed by atoms with E-state index in [-0.39, 0.29) is 29.5 Å². The Morgan fingerprint density at radius 1 is 1.12 bits per heavy atom. The number of piperidine rings is 1. The second-order valence-corrected chi connectivity index (χ2v) is 9.64. The number of sulfonamides is 1. The molecule has 1 aliphatic rings.